The molecule has 1 saturated heterocycles. The second kappa shape index (κ2) is 8.91. The Bertz CT molecular complexity index is 577. The van der Waals surface area contributed by atoms with E-state index in [2.05, 4.69) is 20.2 Å². The van der Waals surface area contributed by atoms with Crippen molar-refractivity contribution in [2.24, 2.45) is 0 Å². The molecule has 7 heteroatoms. The lowest BCUT2D eigenvalue weighted by atomic mass is 10.3. The summed E-state index contributed by atoms with van der Waals surface area (Å²) in [7, 11) is 0. The Morgan fingerprint density at radius 2 is 1.87 bits per heavy atom. The first-order valence-corrected chi connectivity index (χ1v) is 8.27. The minimum atomic E-state index is 0.569. The Hall–Kier alpha value is -1.56. The number of aryl methyl sites for hydroxylation is 1. The fraction of sp³-hybridized carbons (Fsp3) is 0.375. The van der Waals surface area contributed by atoms with Crippen LogP contribution in [0.5, 0.6) is 0 Å². The summed E-state index contributed by atoms with van der Waals surface area (Å²) in [5.74, 6) is 0.869. The SMILES string of the molecule is Cc1ccnc(N2CCCNCC2)n1.Nc1cc(Cl)cc(Cl)c1. The molecule has 124 valence electrons. The van der Waals surface area contributed by atoms with Gasteiger partial charge in [-0.25, -0.2) is 9.97 Å². The molecule has 2 aromatic rings. The molecule has 0 bridgehead atoms. The molecule has 0 unspecified atom stereocenters. The number of aromatic nitrogens is 2. The van der Waals surface area contributed by atoms with Gasteiger partial charge in [-0.15, -0.1) is 0 Å². The number of anilines is 2. The van der Waals surface area contributed by atoms with Gasteiger partial charge in [0.2, 0.25) is 5.95 Å². The molecule has 0 amide bonds. The van der Waals surface area contributed by atoms with Crippen molar-refractivity contribution in [1.29, 1.82) is 0 Å². The van der Waals surface area contributed by atoms with Crippen LogP contribution in [0.25, 0.3) is 0 Å². The van der Waals surface area contributed by atoms with Crippen molar-refractivity contribution in [1.82, 2.24) is 15.3 Å². The number of rotatable bonds is 1. The molecular formula is C16H21Cl2N5. The highest BCUT2D eigenvalue weighted by atomic mass is 35.5. The monoisotopic (exact) mass is 353 g/mol. The summed E-state index contributed by atoms with van der Waals surface area (Å²) in [5.41, 5.74) is 7.02. The van der Waals surface area contributed by atoms with Crippen molar-refractivity contribution in [3.63, 3.8) is 0 Å². The molecule has 1 aromatic carbocycles. The van der Waals surface area contributed by atoms with Crippen molar-refractivity contribution < 1.29 is 0 Å². The van der Waals surface area contributed by atoms with E-state index in [0.717, 1.165) is 44.2 Å². The average Bonchev–Trinajstić information content (AvgIpc) is 2.75. The summed E-state index contributed by atoms with van der Waals surface area (Å²) in [4.78, 5) is 11.0. The van der Waals surface area contributed by atoms with E-state index in [4.69, 9.17) is 28.9 Å². The van der Waals surface area contributed by atoms with Crippen LogP contribution in [0.1, 0.15) is 12.1 Å². The van der Waals surface area contributed by atoms with Crippen LogP contribution in [0.2, 0.25) is 10.0 Å². The van der Waals surface area contributed by atoms with Gasteiger partial charge in [0.25, 0.3) is 0 Å². The second-order valence-electron chi connectivity index (χ2n) is 5.29. The van der Waals surface area contributed by atoms with Gasteiger partial charge in [0, 0.05) is 47.3 Å². The van der Waals surface area contributed by atoms with E-state index in [0.29, 0.717) is 15.7 Å². The van der Waals surface area contributed by atoms with E-state index >= 15 is 0 Å². The summed E-state index contributed by atoms with van der Waals surface area (Å²) >= 11 is 11.2. The second-order valence-corrected chi connectivity index (χ2v) is 6.16. The van der Waals surface area contributed by atoms with E-state index in [1.165, 1.54) is 0 Å². The Labute approximate surface area is 146 Å². The normalized spacial score (nSPS) is 14.7. The van der Waals surface area contributed by atoms with Crippen molar-refractivity contribution in [2.75, 3.05) is 36.8 Å². The average molecular weight is 354 g/mol. The van der Waals surface area contributed by atoms with E-state index in [1.807, 2.05) is 19.2 Å². The number of nitrogens with one attached hydrogen (secondary N) is 1. The molecule has 5 nitrogen and oxygen atoms in total. The van der Waals surface area contributed by atoms with Gasteiger partial charge < -0.3 is 16.0 Å². The van der Waals surface area contributed by atoms with Crippen molar-refractivity contribution in [3.8, 4) is 0 Å². The van der Waals surface area contributed by atoms with Crippen molar-refractivity contribution in [2.45, 2.75) is 13.3 Å². The number of nitrogens with zero attached hydrogens (tertiary/aromatic N) is 3. The molecule has 0 saturated carbocycles. The van der Waals surface area contributed by atoms with Gasteiger partial charge in [-0.3, -0.25) is 0 Å². The van der Waals surface area contributed by atoms with Crippen LogP contribution < -0.4 is 16.0 Å². The third kappa shape index (κ3) is 6.22. The first kappa shape index (κ1) is 17.8. The number of benzene rings is 1. The molecule has 23 heavy (non-hydrogen) atoms. The maximum Gasteiger partial charge on any atom is 0.225 e. The Morgan fingerprint density at radius 3 is 2.52 bits per heavy atom. The molecule has 0 radical (unpaired) electrons. The van der Waals surface area contributed by atoms with Gasteiger partial charge in [0.1, 0.15) is 0 Å². The molecular weight excluding hydrogens is 333 g/mol. The van der Waals surface area contributed by atoms with Gasteiger partial charge in [-0.2, -0.15) is 0 Å². The summed E-state index contributed by atoms with van der Waals surface area (Å²) in [6, 6.07) is 6.86. The van der Waals surface area contributed by atoms with Crippen LogP contribution in [0.15, 0.2) is 30.5 Å². The maximum atomic E-state index is 5.59. The minimum Gasteiger partial charge on any atom is -0.399 e. The quantitative estimate of drug-likeness (QED) is 0.770. The van der Waals surface area contributed by atoms with Crippen LogP contribution in [-0.2, 0) is 0 Å². The van der Waals surface area contributed by atoms with Crippen LogP contribution in [-0.4, -0.2) is 36.1 Å². The number of nitrogens with two attached hydrogens (primary N) is 1. The lowest BCUT2D eigenvalue weighted by Crippen LogP contribution is -2.29. The molecule has 3 N–H and O–H groups in total. The van der Waals surface area contributed by atoms with E-state index < -0.39 is 0 Å². The van der Waals surface area contributed by atoms with Crippen molar-refractivity contribution >= 4 is 34.8 Å². The van der Waals surface area contributed by atoms with Gasteiger partial charge in [0.15, 0.2) is 0 Å². The van der Waals surface area contributed by atoms with E-state index in [-0.39, 0.29) is 0 Å². The van der Waals surface area contributed by atoms with Gasteiger partial charge in [-0.1, -0.05) is 23.2 Å². The lowest BCUT2D eigenvalue weighted by Gasteiger charge is -2.19. The first-order chi connectivity index (χ1) is 11.0. The minimum absolute atomic E-state index is 0.569. The number of nitrogen functional groups attached to an aromatic ring is 1. The highest BCUT2D eigenvalue weighted by Gasteiger charge is 2.11. The Kier molecular flexibility index (Phi) is 6.89. The van der Waals surface area contributed by atoms with Crippen molar-refractivity contribution in [3.05, 3.63) is 46.2 Å². The number of halogens is 2. The standard InChI is InChI=1S/C10H16N4.C6H5Cl2N/c1-9-3-5-12-10(13-9)14-7-2-4-11-6-8-14;7-4-1-5(8)3-6(9)2-4/h3,5,11H,2,4,6-8H2,1H3;1-3H,9H2. The van der Waals surface area contributed by atoms with Gasteiger partial charge in [-0.05, 0) is 44.2 Å². The van der Waals surface area contributed by atoms with Crippen LogP contribution in [0.4, 0.5) is 11.6 Å². The zero-order chi connectivity index (χ0) is 16.7. The predicted molar refractivity (Wildman–Crippen MR) is 97.3 cm³/mol. The summed E-state index contributed by atoms with van der Waals surface area (Å²) in [5, 5.41) is 4.50. The zero-order valence-corrected chi connectivity index (χ0v) is 14.6. The summed E-state index contributed by atoms with van der Waals surface area (Å²) in [6.07, 6.45) is 2.99. The van der Waals surface area contributed by atoms with Crippen LogP contribution in [0.3, 0.4) is 0 Å². The topological polar surface area (TPSA) is 67.1 Å². The maximum absolute atomic E-state index is 5.59. The molecule has 0 aliphatic carbocycles. The van der Waals surface area contributed by atoms with Crippen LogP contribution in [0, 0.1) is 6.92 Å². The van der Waals surface area contributed by atoms with Gasteiger partial charge in [0.05, 0.1) is 0 Å². The fourth-order valence-electron chi connectivity index (χ4n) is 2.21. The molecule has 2 heterocycles. The summed E-state index contributed by atoms with van der Waals surface area (Å²) < 4.78 is 0. The highest BCUT2D eigenvalue weighted by Crippen LogP contribution is 2.19. The Balaban J connectivity index is 0.000000185. The molecule has 3 rings (SSSR count). The molecule has 1 aromatic heterocycles. The van der Waals surface area contributed by atoms with E-state index in [9.17, 15) is 0 Å². The van der Waals surface area contributed by atoms with Gasteiger partial charge >= 0.3 is 0 Å². The highest BCUT2D eigenvalue weighted by molar-refractivity contribution is 6.35. The predicted octanol–water partition coefficient (Wildman–Crippen LogP) is 3.16. The molecule has 1 aliphatic rings. The smallest absolute Gasteiger partial charge is 0.225 e. The Morgan fingerprint density at radius 1 is 1.13 bits per heavy atom. The third-order valence-electron chi connectivity index (χ3n) is 3.29. The lowest BCUT2D eigenvalue weighted by molar-refractivity contribution is 0.724. The first-order valence-electron chi connectivity index (χ1n) is 7.51. The largest absolute Gasteiger partial charge is 0.399 e. The number of hydrogen-bond acceptors (Lipinski definition) is 5. The molecule has 0 spiro atoms. The summed E-state index contributed by atoms with van der Waals surface area (Å²) in [6.45, 7) is 6.18. The zero-order valence-electron chi connectivity index (χ0n) is 13.1. The fourth-order valence-corrected chi connectivity index (χ4v) is 2.75. The van der Waals surface area contributed by atoms with Crippen LogP contribution >= 0.6 is 23.2 Å². The molecule has 1 fully saturated rings. The van der Waals surface area contributed by atoms with E-state index in [1.54, 1.807) is 18.2 Å². The molecule has 1 aliphatic heterocycles. The third-order valence-corrected chi connectivity index (χ3v) is 3.73. The molecule has 0 atom stereocenters. The number of hydrogen-bond donors (Lipinski definition) is 2.